The number of hydrogen-bond acceptors (Lipinski definition) is 12. The lowest BCUT2D eigenvalue weighted by atomic mass is 10.1. The van der Waals surface area contributed by atoms with E-state index in [-0.39, 0.29) is 70.9 Å². The van der Waals surface area contributed by atoms with Crippen LogP contribution in [0.2, 0.25) is 0 Å². The molecule has 6 N–H and O–H groups in total. The van der Waals surface area contributed by atoms with Crippen molar-refractivity contribution in [3.05, 3.63) is 138 Å². The largest absolute Gasteiger partial charge is 0.489 e. The molecular formula is C45H40N15O5S+. The average molecular weight is 903 g/mol. The van der Waals surface area contributed by atoms with Crippen molar-refractivity contribution in [2.24, 2.45) is 22.7 Å². The molecule has 0 spiro atoms. The van der Waals surface area contributed by atoms with Gasteiger partial charge in [0.25, 0.3) is 0 Å². The molecule has 2 saturated carbocycles. The number of anilines is 3. The van der Waals surface area contributed by atoms with Crippen LogP contribution in [0.15, 0.2) is 127 Å². The smallest absolute Gasteiger partial charge is 0.312 e. The van der Waals surface area contributed by atoms with Crippen LogP contribution in [0.3, 0.4) is 0 Å². The number of fused-ring (bicyclic) bond motifs is 2. The number of aromatic nitrogens is 8. The van der Waals surface area contributed by atoms with Crippen LogP contribution in [0, 0.1) is 17.4 Å². The van der Waals surface area contributed by atoms with E-state index in [2.05, 4.69) is 50.6 Å². The van der Waals surface area contributed by atoms with Crippen molar-refractivity contribution in [3.63, 3.8) is 0 Å². The van der Waals surface area contributed by atoms with Gasteiger partial charge in [0.05, 0.1) is 27.0 Å². The third kappa shape index (κ3) is 9.26. The number of carbonyl (C=O) groups excluding carboxylic acids is 2. The summed E-state index contributed by atoms with van der Waals surface area (Å²) in [7, 11) is -3.74. The zero-order chi connectivity index (χ0) is 45.4. The van der Waals surface area contributed by atoms with E-state index in [4.69, 9.17) is 16.0 Å². The molecule has 21 heteroatoms. The Kier molecular flexibility index (Phi) is 10.9. The molecule has 0 bridgehead atoms. The number of sulfonamides is 1. The zero-order valence-electron chi connectivity index (χ0n) is 34.9. The molecule has 66 heavy (non-hydrogen) atoms. The second kappa shape index (κ2) is 17.3. The third-order valence-electron chi connectivity index (χ3n) is 10.8. The number of benzene rings is 2. The van der Waals surface area contributed by atoms with Crippen LogP contribution in [0.4, 0.5) is 23.4 Å². The van der Waals surface area contributed by atoms with Crippen molar-refractivity contribution in [2.75, 3.05) is 15.4 Å². The van der Waals surface area contributed by atoms with Gasteiger partial charge >= 0.3 is 5.69 Å². The molecule has 0 saturated heterocycles. The molecule has 20 nitrogen and oxygen atoms in total. The fourth-order valence-electron chi connectivity index (χ4n) is 7.04. The number of amides is 2. The molecule has 0 atom stereocenters. The summed E-state index contributed by atoms with van der Waals surface area (Å²) >= 11 is 0. The highest BCUT2D eigenvalue weighted by Gasteiger charge is 2.32. The Bertz CT molecular complexity index is 3290. The fourth-order valence-corrected chi connectivity index (χ4v) is 8.18. The number of amidine groups is 1. The Balaban J connectivity index is 0.815. The van der Waals surface area contributed by atoms with Crippen molar-refractivity contribution < 1.29 is 27.6 Å². The molecule has 2 fully saturated rings. The lowest BCUT2D eigenvalue weighted by Gasteiger charge is -2.09. The van der Waals surface area contributed by atoms with Crippen molar-refractivity contribution in [1.29, 1.82) is 5.53 Å². The van der Waals surface area contributed by atoms with Crippen LogP contribution in [-0.4, -0.2) is 70.0 Å². The highest BCUT2D eigenvalue weighted by Crippen LogP contribution is 2.32. The summed E-state index contributed by atoms with van der Waals surface area (Å²) in [5.74, 6) is 0.497. The van der Waals surface area contributed by atoms with Crippen molar-refractivity contribution >= 4 is 62.4 Å². The van der Waals surface area contributed by atoms with Crippen molar-refractivity contribution in [2.45, 2.75) is 38.0 Å². The van der Waals surface area contributed by atoms with Gasteiger partial charge < -0.3 is 10.5 Å². The first-order valence-electron chi connectivity index (χ1n) is 20.9. The Labute approximate surface area is 376 Å². The number of nitrogens with two attached hydrogens (primary N) is 1. The number of hydrazone groups is 1. The predicted molar refractivity (Wildman–Crippen MR) is 242 cm³/mol. The van der Waals surface area contributed by atoms with Gasteiger partial charge in [-0.05, 0) is 97.4 Å². The van der Waals surface area contributed by atoms with Gasteiger partial charge in [-0.25, -0.2) is 22.4 Å². The Hall–Kier alpha value is -8.46. The topological polar surface area (TPSA) is 265 Å². The molecule has 6 aromatic heterocycles. The first-order chi connectivity index (χ1) is 32.0. The van der Waals surface area contributed by atoms with E-state index in [1.54, 1.807) is 65.3 Å². The molecular weight excluding hydrogens is 863 g/mol. The minimum atomic E-state index is -3.74. The maximum Gasteiger partial charge on any atom is 0.312 e. The molecule has 0 aliphatic heterocycles. The normalized spacial score (nSPS) is 14.0. The zero-order valence-corrected chi connectivity index (χ0v) is 35.8. The Morgan fingerprint density at radius 3 is 2.12 bits per heavy atom. The van der Waals surface area contributed by atoms with E-state index in [9.17, 15) is 18.0 Å². The maximum absolute atomic E-state index is 12.8. The summed E-state index contributed by atoms with van der Waals surface area (Å²) in [6.45, 7) is 0.218. The summed E-state index contributed by atoms with van der Waals surface area (Å²) in [5.41, 5.74) is 20.7. The summed E-state index contributed by atoms with van der Waals surface area (Å²) in [6, 6.07) is 32.0. The maximum atomic E-state index is 12.8. The van der Waals surface area contributed by atoms with E-state index < -0.39 is 10.0 Å². The van der Waals surface area contributed by atoms with E-state index in [1.807, 2.05) is 48.5 Å². The Morgan fingerprint density at radius 2 is 1.44 bits per heavy atom. The molecule has 2 aromatic carbocycles. The second-order valence-electron chi connectivity index (χ2n) is 15.9. The number of rotatable bonds is 16. The Morgan fingerprint density at radius 1 is 0.742 bits per heavy atom. The number of nitrogens with zero attached hydrogens (tertiary/aromatic N) is 10. The minimum absolute atomic E-state index is 0.0363. The van der Waals surface area contributed by atoms with Crippen LogP contribution in [0.1, 0.15) is 42.5 Å². The number of pyridine rings is 4. The SMILES string of the molecule is N=[N+](N=C(N)c1ccc(COc2ccc(-c3cccc4nc(NC(=O)C5CC5)nn34)cc2)cn1)c1ccc(-c2ccc(NS(=O)(=O)Cc3ccccc3)nc2)n2nc(NC(=O)C3CC3)nc12. The first kappa shape index (κ1) is 41.5. The molecule has 8 aromatic rings. The summed E-state index contributed by atoms with van der Waals surface area (Å²) in [6.07, 6.45) is 6.44. The molecule has 0 radical (unpaired) electrons. The van der Waals surface area contributed by atoms with Gasteiger partial charge in [0.2, 0.25) is 45.2 Å². The minimum Gasteiger partial charge on any atom is -0.489 e. The summed E-state index contributed by atoms with van der Waals surface area (Å²) in [4.78, 5) is 43.5. The fraction of sp³-hybridized carbons (Fsp3) is 0.178. The second-order valence-corrected chi connectivity index (χ2v) is 17.6. The predicted octanol–water partition coefficient (Wildman–Crippen LogP) is 6.11. The van der Waals surface area contributed by atoms with Gasteiger partial charge in [-0.15, -0.1) is 10.2 Å². The highest BCUT2D eigenvalue weighted by atomic mass is 32.2. The number of hydrogen-bond donors (Lipinski definition) is 5. The number of nitrogens with one attached hydrogen (secondary N) is 4. The van der Waals surface area contributed by atoms with E-state index >= 15 is 0 Å². The molecule has 6 heterocycles. The van der Waals surface area contributed by atoms with Crippen molar-refractivity contribution in [1.82, 2.24) is 39.2 Å². The van der Waals surface area contributed by atoms with Gasteiger partial charge in [0.1, 0.15) is 23.9 Å². The molecule has 2 aliphatic rings. The lowest BCUT2D eigenvalue weighted by Crippen LogP contribution is -2.17. The number of carbonyl (C=O) groups is 2. The van der Waals surface area contributed by atoms with Crippen LogP contribution >= 0.6 is 0 Å². The third-order valence-corrected chi connectivity index (χ3v) is 12.0. The van der Waals surface area contributed by atoms with Gasteiger partial charge in [-0.2, -0.15) is 9.97 Å². The lowest BCUT2D eigenvalue weighted by molar-refractivity contribution is -0.540. The van der Waals surface area contributed by atoms with Crippen molar-refractivity contribution in [3.8, 4) is 28.3 Å². The summed E-state index contributed by atoms with van der Waals surface area (Å²) in [5, 5.41) is 18.9. The van der Waals surface area contributed by atoms with Crippen LogP contribution in [0.5, 0.6) is 5.75 Å². The van der Waals surface area contributed by atoms with Gasteiger partial charge in [-0.3, -0.25) is 29.9 Å². The van der Waals surface area contributed by atoms with Crippen LogP contribution in [0.25, 0.3) is 33.8 Å². The molecule has 2 amide bonds. The first-order valence-corrected chi connectivity index (χ1v) is 22.6. The quantitative estimate of drug-likeness (QED) is 0.0242. The molecule has 0 unspecified atom stereocenters. The van der Waals surface area contributed by atoms with Gasteiger partial charge in [-0.1, -0.05) is 42.5 Å². The number of ether oxygens (including phenoxy) is 1. The van der Waals surface area contributed by atoms with Crippen LogP contribution < -0.4 is 25.8 Å². The average Bonchev–Trinajstić information content (AvgIpc) is 4.26. The monoisotopic (exact) mass is 902 g/mol. The van der Waals surface area contributed by atoms with Gasteiger partial charge in [0, 0.05) is 47.0 Å². The molecule has 10 rings (SSSR count). The molecule has 330 valence electrons. The van der Waals surface area contributed by atoms with E-state index in [0.29, 0.717) is 33.9 Å². The molecule has 2 aliphatic carbocycles. The summed E-state index contributed by atoms with van der Waals surface area (Å²) < 4.78 is 37.4. The van der Waals surface area contributed by atoms with E-state index in [0.717, 1.165) is 47.3 Å². The van der Waals surface area contributed by atoms with Gasteiger partial charge in [0.15, 0.2) is 5.65 Å². The van der Waals surface area contributed by atoms with Crippen LogP contribution in [-0.2, 0) is 32.0 Å². The van der Waals surface area contributed by atoms with E-state index in [1.165, 1.54) is 16.8 Å². The highest BCUT2D eigenvalue weighted by molar-refractivity contribution is 7.91. The standard InChI is InChI=1S/C45H39N15O5S/c46-40(34-19-9-28(23-48-34)25-65-33-17-14-29(15-18-33)35-7-4-8-39-50-44(55-58(35)39)52-42(61)30-10-11-30)54-60(47)37-21-20-36(59-41(37)51-45(56-59)53-43(62)31-12-13-31)32-16-22-38(49-24-32)57-66(63,64)26-27-5-2-1-3-6-27/h1-9,14-24,30-31H,10-13,25-26H2,(H5-,46,47,49,51,52,53,54,55,56,57,61,62)/p+1.